The minimum Gasteiger partial charge on any atom is -0.459 e. The summed E-state index contributed by atoms with van der Waals surface area (Å²) in [6, 6.07) is 9.23. The lowest BCUT2D eigenvalue weighted by Gasteiger charge is -2.19. The Labute approximate surface area is 163 Å². The summed E-state index contributed by atoms with van der Waals surface area (Å²) in [5.74, 6) is -0.212. The van der Waals surface area contributed by atoms with Crippen LogP contribution in [0.25, 0.3) is 0 Å². The third-order valence-corrected chi connectivity index (χ3v) is 4.32. The van der Waals surface area contributed by atoms with Crippen molar-refractivity contribution in [3.05, 3.63) is 74.7 Å². The lowest BCUT2D eigenvalue weighted by molar-refractivity contribution is 0.0620. The van der Waals surface area contributed by atoms with Crippen LogP contribution < -0.4 is 4.74 Å². The molecule has 0 aliphatic heterocycles. The highest BCUT2D eigenvalue weighted by molar-refractivity contribution is 6.37. The monoisotopic (exact) mass is 415 g/mol. The molecule has 25 heavy (non-hydrogen) atoms. The predicted octanol–water partition coefficient (Wildman–Crippen LogP) is 5.35. The standard InChI is InChI=1S/C16H9Cl4N3O2/c17-9-1-3-11(13(20)5-9)15(24)16(23-8-21-7-22-23)25-14-6-10(18)2-4-12(14)19/h1-8,16H. The van der Waals surface area contributed by atoms with Crippen LogP contribution in [0.2, 0.25) is 20.1 Å². The van der Waals surface area contributed by atoms with Gasteiger partial charge in [0.2, 0.25) is 5.78 Å². The summed E-state index contributed by atoms with van der Waals surface area (Å²) < 4.78 is 7.03. The lowest BCUT2D eigenvalue weighted by atomic mass is 10.1. The van der Waals surface area contributed by atoms with Crippen LogP contribution in [0.3, 0.4) is 0 Å². The molecular weight excluding hydrogens is 408 g/mol. The number of nitrogens with zero attached hydrogens (tertiary/aromatic N) is 3. The van der Waals surface area contributed by atoms with Gasteiger partial charge in [-0.3, -0.25) is 4.79 Å². The lowest BCUT2D eigenvalue weighted by Crippen LogP contribution is -2.26. The number of carbonyl (C=O) groups is 1. The number of hydrogen-bond acceptors (Lipinski definition) is 4. The molecule has 9 heteroatoms. The van der Waals surface area contributed by atoms with Gasteiger partial charge in [-0.05, 0) is 30.3 Å². The van der Waals surface area contributed by atoms with Gasteiger partial charge in [-0.25, -0.2) is 9.67 Å². The molecule has 1 aromatic heterocycles. The summed E-state index contributed by atoms with van der Waals surface area (Å²) >= 11 is 24.1. The van der Waals surface area contributed by atoms with Crippen LogP contribution >= 0.6 is 46.4 Å². The minimum atomic E-state index is -1.17. The van der Waals surface area contributed by atoms with E-state index in [4.69, 9.17) is 51.1 Å². The number of Topliss-reactive ketones (excluding diaryl/α,β-unsaturated/α-hetero) is 1. The van der Waals surface area contributed by atoms with E-state index in [0.29, 0.717) is 15.1 Å². The molecule has 0 radical (unpaired) electrons. The molecule has 0 aliphatic carbocycles. The van der Waals surface area contributed by atoms with Crippen LogP contribution in [0.5, 0.6) is 5.75 Å². The second-order valence-electron chi connectivity index (χ2n) is 4.91. The fourth-order valence-electron chi connectivity index (χ4n) is 2.08. The molecule has 0 amide bonds. The van der Waals surface area contributed by atoms with E-state index in [2.05, 4.69) is 10.1 Å². The highest BCUT2D eigenvalue weighted by Gasteiger charge is 2.27. The second kappa shape index (κ2) is 7.62. The SMILES string of the molecule is O=C(c1ccc(Cl)cc1Cl)C(Oc1cc(Cl)ccc1Cl)n1cncn1. The first-order chi connectivity index (χ1) is 12.0. The molecule has 128 valence electrons. The largest absolute Gasteiger partial charge is 0.459 e. The van der Waals surface area contributed by atoms with Crippen molar-refractivity contribution >= 4 is 52.2 Å². The Balaban J connectivity index is 2.01. The molecule has 0 saturated heterocycles. The zero-order valence-corrected chi connectivity index (χ0v) is 15.4. The summed E-state index contributed by atoms with van der Waals surface area (Å²) in [5, 5.41) is 5.29. The third kappa shape index (κ3) is 4.07. The van der Waals surface area contributed by atoms with Crippen molar-refractivity contribution in [1.82, 2.24) is 14.8 Å². The average molecular weight is 417 g/mol. The summed E-state index contributed by atoms with van der Waals surface area (Å²) in [6.07, 6.45) is 1.47. The average Bonchev–Trinajstić information content (AvgIpc) is 3.09. The van der Waals surface area contributed by atoms with Crippen molar-refractivity contribution in [2.24, 2.45) is 0 Å². The Morgan fingerprint density at radius 2 is 1.72 bits per heavy atom. The molecule has 5 nitrogen and oxygen atoms in total. The van der Waals surface area contributed by atoms with Crippen molar-refractivity contribution in [3.8, 4) is 5.75 Å². The van der Waals surface area contributed by atoms with Gasteiger partial charge in [0.05, 0.1) is 10.0 Å². The Bertz CT molecular complexity index is 916. The van der Waals surface area contributed by atoms with Crippen LogP contribution in [0, 0.1) is 0 Å². The van der Waals surface area contributed by atoms with Crippen molar-refractivity contribution in [2.45, 2.75) is 6.23 Å². The maximum atomic E-state index is 13.0. The highest BCUT2D eigenvalue weighted by atomic mass is 35.5. The number of halogens is 4. The molecule has 3 rings (SSSR count). The fraction of sp³-hybridized carbons (Fsp3) is 0.0625. The van der Waals surface area contributed by atoms with Gasteiger partial charge in [0.1, 0.15) is 18.4 Å². The Morgan fingerprint density at radius 3 is 2.40 bits per heavy atom. The summed E-state index contributed by atoms with van der Waals surface area (Å²) in [5.41, 5.74) is 0.227. The predicted molar refractivity (Wildman–Crippen MR) is 96.9 cm³/mol. The number of ketones is 1. The molecule has 0 aliphatic rings. The first-order valence-corrected chi connectivity index (χ1v) is 8.42. The van der Waals surface area contributed by atoms with Gasteiger partial charge in [0.25, 0.3) is 6.23 Å². The number of ether oxygens (including phenoxy) is 1. The molecule has 1 atom stereocenters. The van der Waals surface area contributed by atoms with Gasteiger partial charge in [-0.2, -0.15) is 5.10 Å². The van der Waals surface area contributed by atoms with Gasteiger partial charge in [0, 0.05) is 21.7 Å². The minimum absolute atomic E-state index is 0.198. The maximum absolute atomic E-state index is 13.0. The van der Waals surface area contributed by atoms with E-state index in [-0.39, 0.29) is 16.3 Å². The number of carbonyl (C=O) groups excluding carboxylic acids is 1. The first-order valence-electron chi connectivity index (χ1n) is 6.91. The van der Waals surface area contributed by atoms with Crippen LogP contribution in [0.4, 0.5) is 0 Å². The normalized spacial score (nSPS) is 12.0. The van der Waals surface area contributed by atoms with Crippen molar-refractivity contribution in [3.63, 3.8) is 0 Å². The number of benzene rings is 2. The number of rotatable bonds is 5. The molecule has 2 aromatic carbocycles. The topological polar surface area (TPSA) is 57.0 Å². The molecule has 0 fully saturated rings. The van der Waals surface area contributed by atoms with Gasteiger partial charge in [-0.15, -0.1) is 0 Å². The van der Waals surface area contributed by atoms with Gasteiger partial charge in [0.15, 0.2) is 0 Å². The van der Waals surface area contributed by atoms with Gasteiger partial charge in [-0.1, -0.05) is 46.4 Å². The molecule has 3 aromatic rings. The Kier molecular flexibility index (Phi) is 5.49. The van der Waals surface area contributed by atoms with Crippen LogP contribution in [0.15, 0.2) is 49.1 Å². The molecule has 0 saturated carbocycles. The molecular formula is C16H9Cl4N3O2. The molecule has 1 unspecified atom stereocenters. The molecule has 1 heterocycles. The molecule has 0 bridgehead atoms. The summed E-state index contributed by atoms with van der Waals surface area (Å²) in [7, 11) is 0. The van der Waals surface area contributed by atoms with Crippen molar-refractivity contribution in [2.75, 3.05) is 0 Å². The first kappa shape index (κ1) is 18.0. The quantitative estimate of drug-likeness (QED) is 0.526. The maximum Gasteiger partial charge on any atom is 0.256 e. The Hall–Kier alpha value is -1.79. The van der Waals surface area contributed by atoms with Crippen LogP contribution in [-0.2, 0) is 0 Å². The van der Waals surface area contributed by atoms with E-state index in [1.807, 2.05) is 0 Å². The summed E-state index contributed by atoms with van der Waals surface area (Å²) in [6.45, 7) is 0. The number of hydrogen-bond donors (Lipinski definition) is 0. The zero-order chi connectivity index (χ0) is 18.0. The molecule has 0 N–H and O–H groups in total. The summed E-state index contributed by atoms with van der Waals surface area (Å²) in [4.78, 5) is 16.8. The van der Waals surface area contributed by atoms with E-state index in [9.17, 15) is 4.79 Å². The van der Waals surface area contributed by atoms with E-state index in [1.54, 1.807) is 18.2 Å². The van der Waals surface area contributed by atoms with Gasteiger partial charge < -0.3 is 4.74 Å². The van der Waals surface area contributed by atoms with E-state index in [0.717, 1.165) is 0 Å². The number of aromatic nitrogens is 3. The van der Waals surface area contributed by atoms with E-state index >= 15 is 0 Å². The van der Waals surface area contributed by atoms with Crippen LogP contribution in [0.1, 0.15) is 16.6 Å². The van der Waals surface area contributed by atoms with E-state index in [1.165, 1.54) is 35.5 Å². The van der Waals surface area contributed by atoms with Gasteiger partial charge >= 0.3 is 0 Å². The third-order valence-electron chi connectivity index (χ3n) is 3.23. The van der Waals surface area contributed by atoms with Crippen molar-refractivity contribution in [1.29, 1.82) is 0 Å². The zero-order valence-electron chi connectivity index (χ0n) is 12.4. The second-order valence-corrected chi connectivity index (χ2v) is 6.60. The Morgan fingerprint density at radius 1 is 1.00 bits per heavy atom. The van der Waals surface area contributed by atoms with Crippen LogP contribution in [-0.4, -0.2) is 20.5 Å². The van der Waals surface area contributed by atoms with E-state index < -0.39 is 12.0 Å². The fourth-order valence-corrected chi connectivity index (χ4v) is 2.90. The molecule has 0 spiro atoms. The smallest absolute Gasteiger partial charge is 0.256 e. The van der Waals surface area contributed by atoms with Crippen molar-refractivity contribution < 1.29 is 9.53 Å². The highest BCUT2D eigenvalue weighted by Crippen LogP contribution is 2.32.